The molecule has 2 aromatic carbocycles. The van der Waals surface area contributed by atoms with E-state index in [0.29, 0.717) is 0 Å². The summed E-state index contributed by atoms with van der Waals surface area (Å²) >= 11 is 21.2. The Balaban J connectivity index is 2.74. The molecule has 0 bridgehead atoms. The maximum Gasteiger partial charge on any atom is 0.302 e. The van der Waals surface area contributed by atoms with Gasteiger partial charge in [0.05, 0.1) is 0 Å². The number of hydrogen-bond acceptors (Lipinski definition) is 11. The first-order valence-corrected chi connectivity index (χ1v) is 44.5. The molecule has 3 nitrogen and oxygen atoms in total. The van der Waals surface area contributed by atoms with E-state index in [1.54, 1.807) is 11.4 Å². The highest BCUT2D eigenvalue weighted by Gasteiger charge is 2.30. The van der Waals surface area contributed by atoms with Crippen molar-refractivity contribution < 1.29 is 14.2 Å². The molecule has 0 heterocycles. The van der Waals surface area contributed by atoms with Crippen LogP contribution in [0.1, 0.15) is 306 Å². The van der Waals surface area contributed by atoms with Crippen LogP contribution in [0.4, 0.5) is 0 Å². The molecule has 1 N–H and O–H groups in total. The minimum atomic E-state index is -3.20. The molecule has 0 aliphatic heterocycles. The van der Waals surface area contributed by atoms with Gasteiger partial charge in [0.1, 0.15) is 18.1 Å². The van der Waals surface area contributed by atoms with Gasteiger partial charge in [-0.2, -0.15) is 70.6 Å². The Hall–Kier alpha value is 0.840. The zero-order valence-corrected chi connectivity index (χ0v) is 60.6. The summed E-state index contributed by atoms with van der Waals surface area (Å²) in [6, 6.07) is 10.0. The lowest BCUT2D eigenvalue weighted by Crippen LogP contribution is -2.06. The SMILES string of the molecule is C=C(O)COP(=S)(Oc1c(CSCCCCCCCC)cc(CSCCCCCCCC)cc1CSCCCCCCCC)Sc1c(CSCCCCCCCC)cc(CSCCCCCCCC)cc1CSCCCCCCCC. The number of rotatable bonds is 61. The lowest BCUT2D eigenvalue weighted by molar-refractivity contribution is 0.277. The molecule has 0 aliphatic carbocycles. The van der Waals surface area contributed by atoms with Crippen LogP contribution in [-0.2, 0) is 50.8 Å². The largest absolute Gasteiger partial charge is 0.510 e. The molecule has 0 spiro atoms. The number of aliphatic hydroxyl groups excluding tert-OH is 1. The fraction of sp³-hybridized carbons (Fsp3) is 0.797. The Bertz CT molecular complexity index is 1630. The molecular formula is C69H123O3PS8. The third-order valence-corrected chi connectivity index (χ3v) is 26.2. The van der Waals surface area contributed by atoms with Crippen molar-refractivity contribution >= 4 is 99.5 Å². The minimum Gasteiger partial charge on any atom is -0.510 e. The smallest absolute Gasteiger partial charge is 0.302 e. The minimum absolute atomic E-state index is 0.00207. The van der Waals surface area contributed by atoms with E-state index in [-0.39, 0.29) is 12.4 Å². The van der Waals surface area contributed by atoms with Gasteiger partial charge in [-0.1, -0.05) is 265 Å². The maximum atomic E-state index is 10.8. The van der Waals surface area contributed by atoms with Crippen LogP contribution in [0.3, 0.4) is 0 Å². The highest BCUT2D eigenvalue weighted by atomic mass is 32.9. The number of hydrogen-bond donors (Lipinski definition) is 1. The normalized spacial score (nSPS) is 12.4. The van der Waals surface area contributed by atoms with Crippen LogP contribution < -0.4 is 4.52 Å². The lowest BCUT2D eigenvalue weighted by Gasteiger charge is -2.28. The zero-order chi connectivity index (χ0) is 58.5. The fourth-order valence-electron chi connectivity index (χ4n) is 9.95. The third kappa shape index (κ3) is 42.4. The molecule has 1 unspecified atom stereocenters. The van der Waals surface area contributed by atoms with Crippen molar-refractivity contribution in [3.63, 3.8) is 0 Å². The van der Waals surface area contributed by atoms with E-state index in [4.69, 9.17) is 20.9 Å². The van der Waals surface area contributed by atoms with Gasteiger partial charge in [0.2, 0.25) is 0 Å². The number of thioether (sulfide) groups is 6. The van der Waals surface area contributed by atoms with Gasteiger partial charge < -0.3 is 14.2 Å². The van der Waals surface area contributed by atoms with Crippen molar-refractivity contribution in [3.8, 4) is 5.75 Å². The lowest BCUT2D eigenvalue weighted by atomic mass is 10.1. The molecular weight excluding hydrogens is 1160 g/mol. The molecule has 0 amide bonds. The predicted octanol–water partition coefficient (Wildman–Crippen LogP) is 26.7. The quantitative estimate of drug-likeness (QED) is 0.0391. The summed E-state index contributed by atoms with van der Waals surface area (Å²) in [6.07, 6.45) is 47.6. The average molecular weight is 1290 g/mol. The molecule has 0 saturated carbocycles. The average Bonchev–Trinajstić information content (AvgIpc) is 3.46. The Morgan fingerprint density at radius 2 is 0.630 bits per heavy atom. The van der Waals surface area contributed by atoms with E-state index in [2.05, 4.69) is 143 Å². The summed E-state index contributed by atoms with van der Waals surface area (Å²) in [4.78, 5) is 1.26. The fourth-order valence-corrected chi connectivity index (χ4v) is 20.7. The molecule has 0 saturated heterocycles. The second-order valence-electron chi connectivity index (χ2n) is 22.9. The Morgan fingerprint density at radius 3 is 0.914 bits per heavy atom. The molecule has 0 radical (unpaired) electrons. The van der Waals surface area contributed by atoms with Crippen molar-refractivity contribution in [1.29, 1.82) is 0 Å². The van der Waals surface area contributed by atoms with Gasteiger partial charge in [-0.3, -0.25) is 0 Å². The van der Waals surface area contributed by atoms with Crippen LogP contribution in [0.15, 0.2) is 41.5 Å². The summed E-state index contributed by atoms with van der Waals surface area (Å²) in [5, 5.41) is 10.8. The Kier molecular flexibility index (Phi) is 54.0. The second-order valence-corrected chi connectivity index (χ2v) is 35.6. The van der Waals surface area contributed by atoms with Crippen molar-refractivity contribution in [2.45, 2.75) is 312 Å². The van der Waals surface area contributed by atoms with Gasteiger partial charge in [-0.15, -0.1) is 0 Å². The Labute approximate surface area is 538 Å². The number of benzene rings is 2. The van der Waals surface area contributed by atoms with Crippen molar-refractivity contribution in [2.24, 2.45) is 0 Å². The standard InChI is InChI=1S/C69H123O3PS8/c1-8-14-20-26-32-38-44-75-55-62-50-64(57-77-46-40-34-28-22-16-10-3)68(65(51-62)58-78-47-41-35-29-23-17-11-4)72-73(74,71-54-61(7)70)81-69-66(59-79-48-42-36-30-24-18-12-5)52-63(56-76-45-39-33-27-21-15-9-2)53-67(69)60-80-49-43-37-31-25-19-13-6/h50-53,70H,7-49,54-60H2,1-6H3. The van der Waals surface area contributed by atoms with Crippen LogP contribution in [0, 0.1) is 0 Å². The molecule has 81 heavy (non-hydrogen) atoms. The maximum absolute atomic E-state index is 10.8. The van der Waals surface area contributed by atoms with Crippen LogP contribution in [-0.4, -0.2) is 46.2 Å². The zero-order valence-electron chi connectivity index (χ0n) is 53.1. The molecule has 12 heteroatoms. The van der Waals surface area contributed by atoms with Gasteiger partial charge in [0.25, 0.3) is 0 Å². The van der Waals surface area contributed by atoms with E-state index < -0.39 is 5.69 Å². The summed E-state index contributed by atoms with van der Waals surface area (Å²) in [5.41, 5.74) is 4.95. The first kappa shape index (κ1) is 77.9. The summed E-state index contributed by atoms with van der Waals surface area (Å²) in [7, 11) is 0. The topological polar surface area (TPSA) is 38.7 Å². The van der Waals surface area contributed by atoms with E-state index in [9.17, 15) is 5.11 Å². The van der Waals surface area contributed by atoms with Crippen LogP contribution in [0.25, 0.3) is 0 Å². The van der Waals surface area contributed by atoms with Gasteiger partial charge >= 0.3 is 5.69 Å². The van der Waals surface area contributed by atoms with Crippen molar-refractivity contribution in [1.82, 2.24) is 0 Å². The highest BCUT2D eigenvalue weighted by molar-refractivity contribution is 8.68. The summed E-state index contributed by atoms with van der Waals surface area (Å²) < 4.78 is 14.5. The predicted molar refractivity (Wildman–Crippen MR) is 389 cm³/mol. The third-order valence-electron chi connectivity index (χ3n) is 14.8. The van der Waals surface area contributed by atoms with E-state index >= 15 is 0 Å². The monoisotopic (exact) mass is 1290 g/mol. The highest BCUT2D eigenvalue weighted by Crippen LogP contribution is 2.66. The molecule has 0 fully saturated rings. The van der Waals surface area contributed by atoms with Gasteiger partial charge in [-0.05, 0) is 118 Å². The number of unbranched alkanes of at least 4 members (excludes halogenated alkanes) is 30. The van der Waals surface area contributed by atoms with E-state index in [1.807, 2.05) is 0 Å². The van der Waals surface area contributed by atoms with Crippen LogP contribution in [0.5, 0.6) is 5.75 Å². The van der Waals surface area contributed by atoms with Gasteiger partial charge in [0.15, 0.2) is 0 Å². The van der Waals surface area contributed by atoms with Gasteiger partial charge in [0, 0.05) is 50.5 Å². The van der Waals surface area contributed by atoms with Gasteiger partial charge in [-0.25, -0.2) is 0 Å². The molecule has 0 aliphatic rings. The summed E-state index contributed by atoms with van der Waals surface area (Å²) in [5.74, 6) is 13.8. The van der Waals surface area contributed by atoms with Crippen molar-refractivity contribution in [3.05, 3.63) is 70.0 Å². The molecule has 2 aromatic rings. The molecule has 0 aromatic heterocycles. The molecule has 2 rings (SSSR count). The van der Waals surface area contributed by atoms with Crippen LogP contribution >= 0.6 is 87.6 Å². The molecule has 470 valence electrons. The first-order valence-electron chi connectivity index (χ1n) is 33.5. The van der Waals surface area contributed by atoms with Crippen molar-refractivity contribution in [2.75, 3.05) is 41.1 Å². The van der Waals surface area contributed by atoms with Crippen LogP contribution in [0.2, 0.25) is 0 Å². The molecule has 1 atom stereocenters. The summed E-state index contributed by atoms with van der Waals surface area (Å²) in [6.45, 7) is 17.8. The number of aliphatic hydroxyl groups is 1. The van der Waals surface area contributed by atoms with E-state index in [1.165, 1.54) is 292 Å². The van der Waals surface area contributed by atoms with E-state index in [0.717, 1.165) is 51.8 Å². The Morgan fingerprint density at radius 1 is 0.383 bits per heavy atom. The second kappa shape index (κ2) is 56.1. The first-order chi connectivity index (χ1) is 39.7.